The molecule has 0 amide bonds. The van der Waals surface area contributed by atoms with E-state index in [9.17, 15) is 4.79 Å². The highest BCUT2D eigenvalue weighted by molar-refractivity contribution is 5.97. The van der Waals surface area contributed by atoms with Gasteiger partial charge in [0, 0.05) is 30.0 Å². The zero-order chi connectivity index (χ0) is 17.1. The Bertz CT molecular complexity index is 797. The molecule has 6 atom stereocenters. The number of ether oxygens (including phenoxy) is 1. The van der Waals surface area contributed by atoms with E-state index in [1.165, 1.54) is 16.8 Å². The van der Waals surface area contributed by atoms with Crippen LogP contribution in [0.15, 0.2) is 40.9 Å². The van der Waals surface area contributed by atoms with Gasteiger partial charge in [-0.1, -0.05) is 29.8 Å². The van der Waals surface area contributed by atoms with Crippen LogP contribution in [0.25, 0.3) is 0 Å². The Morgan fingerprint density at radius 1 is 1.24 bits per heavy atom. The van der Waals surface area contributed by atoms with E-state index in [4.69, 9.17) is 15.5 Å². The first kappa shape index (κ1) is 15.3. The van der Waals surface area contributed by atoms with E-state index in [-0.39, 0.29) is 30.0 Å². The maximum atomic E-state index is 12.4. The van der Waals surface area contributed by atoms with Crippen LogP contribution in [0.1, 0.15) is 31.7 Å². The number of hydrogen-bond donors (Lipinski definition) is 1. The molecule has 4 aliphatic rings. The summed E-state index contributed by atoms with van der Waals surface area (Å²) >= 11 is 0. The van der Waals surface area contributed by atoms with Crippen molar-refractivity contribution in [2.75, 3.05) is 0 Å². The first-order valence-corrected chi connectivity index (χ1v) is 9.44. The second kappa shape index (κ2) is 5.53. The molecule has 1 saturated heterocycles. The molecule has 0 radical (unpaired) electrons. The molecule has 2 heterocycles. The zero-order valence-electron chi connectivity index (χ0n) is 14.5. The van der Waals surface area contributed by atoms with Crippen molar-refractivity contribution in [3.8, 4) is 0 Å². The van der Waals surface area contributed by atoms with Gasteiger partial charge in [-0.3, -0.25) is 9.79 Å². The number of nitrogens with zero attached hydrogens (tertiary/aromatic N) is 1. The number of fused-ring (bicyclic) bond motifs is 3. The Morgan fingerprint density at radius 2 is 2.08 bits per heavy atom. The van der Waals surface area contributed by atoms with Crippen molar-refractivity contribution < 1.29 is 9.53 Å². The normalized spacial score (nSPS) is 39.0. The van der Waals surface area contributed by atoms with Crippen LogP contribution < -0.4 is 5.73 Å². The molecule has 2 aliphatic carbocycles. The molecule has 2 N–H and O–H groups in total. The Morgan fingerprint density at radius 3 is 2.92 bits per heavy atom. The Hall–Kier alpha value is -1.94. The van der Waals surface area contributed by atoms with Gasteiger partial charge < -0.3 is 10.5 Å². The predicted octanol–water partition coefficient (Wildman–Crippen LogP) is 3.18. The van der Waals surface area contributed by atoms with Gasteiger partial charge in [0.2, 0.25) is 0 Å². The minimum atomic E-state index is -0.122. The number of hydrogen-bond acceptors (Lipinski definition) is 4. The number of esters is 1. The first-order valence-electron chi connectivity index (χ1n) is 9.44. The lowest BCUT2D eigenvalue weighted by molar-refractivity contribution is -0.142. The van der Waals surface area contributed by atoms with Crippen molar-refractivity contribution in [3.05, 3.63) is 41.5 Å². The average Bonchev–Trinajstić information content (AvgIpc) is 3.14. The largest absolute Gasteiger partial charge is 0.462 e. The van der Waals surface area contributed by atoms with Gasteiger partial charge in [0.1, 0.15) is 6.10 Å². The van der Waals surface area contributed by atoms with Gasteiger partial charge in [-0.2, -0.15) is 0 Å². The van der Waals surface area contributed by atoms with Crippen molar-refractivity contribution >= 4 is 17.4 Å². The van der Waals surface area contributed by atoms with Gasteiger partial charge in [-0.15, -0.1) is 0 Å². The van der Waals surface area contributed by atoms with E-state index < -0.39 is 0 Å². The van der Waals surface area contributed by atoms with Gasteiger partial charge in [0.25, 0.3) is 0 Å². The van der Waals surface area contributed by atoms with Gasteiger partial charge in [0.15, 0.2) is 0 Å². The molecule has 1 saturated carbocycles. The van der Waals surface area contributed by atoms with Crippen molar-refractivity contribution in [1.29, 1.82) is 0 Å². The zero-order valence-corrected chi connectivity index (χ0v) is 14.5. The molecule has 1 aromatic carbocycles. The monoisotopic (exact) mass is 336 g/mol. The molecule has 2 fully saturated rings. The van der Waals surface area contributed by atoms with Crippen LogP contribution in [0, 0.1) is 23.7 Å². The van der Waals surface area contributed by atoms with Crippen molar-refractivity contribution in [2.45, 2.75) is 44.8 Å². The third kappa shape index (κ3) is 2.30. The van der Waals surface area contributed by atoms with Crippen LogP contribution in [0.2, 0.25) is 0 Å². The van der Waals surface area contributed by atoms with E-state index in [0.717, 1.165) is 31.4 Å². The van der Waals surface area contributed by atoms with Gasteiger partial charge in [-0.25, -0.2) is 0 Å². The van der Waals surface area contributed by atoms with Crippen molar-refractivity contribution in [3.63, 3.8) is 0 Å². The van der Waals surface area contributed by atoms with E-state index in [1.54, 1.807) is 0 Å². The number of cyclic esters (lactones) is 1. The van der Waals surface area contributed by atoms with Gasteiger partial charge in [-0.05, 0) is 43.7 Å². The molecule has 0 spiro atoms. The standard InChI is InChI=1S/C21H24N2O2/c1-11-19-16(21(24)25-11)9-13-8-14(22)6-7-15(13)20(19)18-10-12-4-2-3-5-17(12)23-18/h2-5,9,11,14-16,19-20H,6-8,10,22H2,1H3/t11-,14-,15-,16-,19-,20-/m1/s1. The van der Waals surface area contributed by atoms with Crippen LogP contribution in [0.3, 0.4) is 0 Å². The molecular formula is C21H24N2O2. The molecule has 4 heteroatoms. The smallest absolute Gasteiger partial charge is 0.313 e. The number of rotatable bonds is 1. The third-order valence-electron chi connectivity index (χ3n) is 6.61. The van der Waals surface area contributed by atoms with Crippen LogP contribution >= 0.6 is 0 Å². The van der Waals surface area contributed by atoms with E-state index in [2.05, 4.69) is 24.3 Å². The van der Waals surface area contributed by atoms with Crippen LogP contribution in [-0.2, 0) is 16.0 Å². The fraction of sp³-hybridized carbons (Fsp3) is 0.524. The summed E-state index contributed by atoms with van der Waals surface area (Å²) in [6, 6.07) is 8.61. The molecule has 1 aromatic rings. The van der Waals surface area contributed by atoms with E-state index >= 15 is 0 Å². The number of nitrogens with two attached hydrogens (primary N) is 1. The van der Waals surface area contributed by atoms with Crippen molar-refractivity contribution in [2.24, 2.45) is 34.4 Å². The summed E-state index contributed by atoms with van der Waals surface area (Å²) in [5.41, 5.74) is 11.2. The molecule has 0 unspecified atom stereocenters. The summed E-state index contributed by atoms with van der Waals surface area (Å²) < 4.78 is 5.64. The number of carbonyl (C=O) groups is 1. The summed E-state index contributed by atoms with van der Waals surface area (Å²) in [5, 5.41) is 0. The molecule has 5 rings (SSSR count). The second-order valence-corrected chi connectivity index (χ2v) is 8.07. The first-order chi connectivity index (χ1) is 12.1. The SMILES string of the molecule is C[C@H]1OC(=O)[C@@H]2C=C3C[C@H](N)CC[C@H]3[C@H](C3=Nc4ccccc4C3)[C@H]12. The molecule has 130 valence electrons. The third-order valence-corrected chi connectivity index (χ3v) is 6.61. The van der Waals surface area contributed by atoms with Crippen molar-refractivity contribution in [1.82, 2.24) is 0 Å². The highest BCUT2D eigenvalue weighted by Gasteiger charge is 2.53. The lowest BCUT2D eigenvalue weighted by Crippen LogP contribution is -2.44. The number of aliphatic imine (C=N–C) groups is 1. The summed E-state index contributed by atoms with van der Waals surface area (Å²) in [7, 11) is 0. The molecular weight excluding hydrogens is 312 g/mol. The maximum absolute atomic E-state index is 12.4. The molecule has 4 nitrogen and oxygen atoms in total. The summed E-state index contributed by atoms with van der Waals surface area (Å²) in [5.74, 6) is 0.785. The van der Waals surface area contributed by atoms with Crippen LogP contribution in [-0.4, -0.2) is 23.8 Å². The molecule has 0 bridgehead atoms. The highest BCUT2D eigenvalue weighted by atomic mass is 16.6. The topological polar surface area (TPSA) is 64.7 Å². The number of para-hydroxylation sites is 1. The molecule has 0 aromatic heterocycles. The Balaban J connectivity index is 1.57. The van der Waals surface area contributed by atoms with E-state index in [1.807, 2.05) is 13.0 Å². The number of carbonyl (C=O) groups excluding carboxylic acids is 1. The number of benzene rings is 1. The van der Waals surface area contributed by atoms with Crippen LogP contribution in [0.5, 0.6) is 0 Å². The van der Waals surface area contributed by atoms with Gasteiger partial charge >= 0.3 is 5.97 Å². The lowest BCUT2D eigenvalue weighted by atomic mass is 9.60. The Kier molecular flexibility index (Phi) is 3.39. The minimum Gasteiger partial charge on any atom is -0.462 e. The van der Waals surface area contributed by atoms with Crippen LogP contribution in [0.4, 0.5) is 5.69 Å². The van der Waals surface area contributed by atoms with E-state index in [0.29, 0.717) is 11.8 Å². The predicted molar refractivity (Wildman–Crippen MR) is 96.7 cm³/mol. The Labute approximate surface area is 148 Å². The minimum absolute atomic E-state index is 0.0395. The quantitative estimate of drug-likeness (QED) is 0.633. The highest BCUT2D eigenvalue weighted by Crippen LogP contribution is 2.51. The maximum Gasteiger partial charge on any atom is 0.313 e. The fourth-order valence-corrected chi connectivity index (χ4v) is 5.53. The summed E-state index contributed by atoms with van der Waals surface area (Å²) in [6.45, 7) is 2.05. The molecule has 2 aliphatic heterocycles. The molecule has 25 heavy (non-hydrogen) atoms. The summed E-state index contributed by atoms with van der Waals surface area (Å²) in [4.78, 5) is 17.4. The fourth-order valence-electron chi connectivity index (χ4n) is 5.53. The summed E-state index contributed by atoms with van der Waals surface area (Å²) in [6.07, 6.45) is 6.12. The second-order valence-electron chi connectivity index (χ2n) is 8.07. The lowest BCUT2D eigenvalue weighted by Gasteiger charge is -2.43. The average molecular weight is 336 g/mol. The van der Waals surface area contributed by atoms with Gasteiger partial charge in [0.05, 0.1) is 11.6 Å².